The Hall–Kier alpha value is -2.33. The number of rotatable bonds is 8. The van der Waals surface area contributed by atoms with E-state index < -0.39 is 0 Å². The standard InChI is InChI=1S/C19H24N2O2/c1-2-17(14-22)21-19(23)12-15-8-10-18(11-9-15)20-13-16-6-4-3-5-7-16/h3-11,17,20,22H,2,12-14H2,1H3,(H,21,23). The summed E-state index contributed by atoms with van der Waals surface area (Å²) < 4.78 is 0. The second-order valence-corrected chi connectivity index (χ2v) is 5.57. The van der Waals surface area contributed by atoms with Gasteiger partial charge in [0.15, 0.2) is 0 Å². The predicted octanol–water partition coefficient (Wildman–Crippen LogP) is 2.73. The van der Waals surface area contributed by atoms with E-state index in [9.17, 15) is 4.79 Å². The molecule has 0 heterocycles. The first-order valence-electron chi connectivity index (χ1n) is 7.98. The van der Waals surface area contributed by atoms with E-state index in [1.165, 1.54) is 5.56 Å². The van der Waals surface area contributed by atoms with E-state index in [-0.39, 0.29) is 18.6 Å². The van der Waals surface area contributed by atoms with Gasteiger partial charge in [0.2, 0.25) is 5.91 Å². The smallest absolute Gasteiger partial charge is 0.224 e. The second kappa shape index (κ2) is 8.96. The summed E-state index contributed by atoms with van der Waals surface area (Å²) in [5.41, 5.74) is 3.21. The Morgan fingerprint density at radius 1 is 1.04 bits per heavy atom. The molecule has 2 aromatic carbocycles. The lowest BCUT2D eigenvalue weighted by Crippen LogP contribution is -2.37. The summed E-state index contributed by atoms with van der Waals surface area (Å²) in [6.07, 6.45) is 1.06. The number of aliphatic hydroxyl groups is 1. The van der Waals surface area contributed by atoms with Gasteiger partial charge in [-0.3, -0.25) is 4.79 Å². The van der Waals surface area contributed by atoms with E-state index >= 15 is 0 Å². The van der Waals surface area contributed by atoms with Gasteiger partial charge in [-0.15, -0.1) is 0 Å². The molecule has 1 atom stereocenters. The van der Waals surface area contributed by atoms with Crippen LogP contribution in [0.3, 0.4) is 0 Å². The number of carbonyl (C=O) groups is 1. The van der Waals surface area contributed by atoms with Crippen LogP contribution >= 0.6 is 0 Å². The first-order valence-corrected chi connectivity index (χ1v) is 7.98. The number of hydrogen-bond donors (Lipinski definition) is 3. The Bertz CT molecular complexity index is 593. The van der Waals surface area contributed by atoms with E-state index in [0.29, 0.717) is 6.42 Å². The zero-order valence-electron chi connectivity index (χ0n) is 13.5. The molecule has 2 rings (SSSR count). The van der Waals surface area contributed by atoms with E-state index in [1.807, 2.05) is 49.4 Å². The van der Waals surface area contributed by atoms with Gasteiger partial charge in [-0.2, -0.15) is 0 Å². The normalized spacial score (nSPS) is 11.7. The number of amides is 1. The Kier molecular flexibility index (Phi) is 6.63. The average molecular weight is 312 g/mol. The van der Waals surface area contributed by atoms with Gasteiger partial charge in [0.25, 0.3) is 0 Å². The first-order chi connectivity index (χ1) is 11.2. The summed E-state index contributed by atoms with van der Waals surface area (Å²) in [6.45, 7) is 2.69. The SMILES string of the molecule is CCC(CO)NC(=O)Cc1ccc(NCc2ccccc2)cc1. The van der Waals surface area contributed by atoms with Crippen LogP contribution in [0.4, 0.5) is 5.69 Å². The van der Waals surface area contributed by atoms with Crippen LogP contribution in [-0.2, 0) is 17.8 Å². The van der Waals surface area contributed by atoms with E-state index in [0.717, 1.165) is 24.2 Å². The zero-order chi connectivity index (χ0) is 16.5. The minimum atomic E-state index is -0.158. The minimum Gasteiger partial charge on any atom is -0.394 e. The number of aliphatic hydroxyl groups excluding tert-OH is 1. The van der Waals surface area contributed by atoms with Crippen molar-refractivity contribution in [1.29, 1.82) is 0 Å². The highest BCUT2D eigenvalue weighted by Crippen LogP contribution is 2.12. The third kappa shape index (κ3) is 5.75. The largest absolute Gasteiger partial charge is 0.394 e. The molecule has 0 aliphatic rings. The molecular weight excluding hydrogens is 288 g/mol. The molecule has 4 heteroatoms. The molecule has 2 aromatic rings. The number of nitrogens with one attached hydrogen (secondary N) is 2. The van der Waals surface area contributed by atoms with Crippen LogP contribution in [0.15, 0.2) is 54.6 Å². The van der Waals surface area contributed by atoms with Crippen LogP contribution in [-0.4, -0.2) is 23.7 Å². The fraction of sp³-hybridized carbons (Fsp3) is 0.316. The van der Waals surface area contributed by atoms with Crippen molar-refractivity contribution in [2.24, 2.45) is 0 Å². The highest BCUT2D eigenvalue weighted by Gasteiger charge is 2.09. The molecule has 1 unspecified atom stereocenters. The van der Waals surface area contributed by atoms with Crippen molar-refractivity contribution in [3.8, 4) is 0 Å². The Morgan fingerprint density at radius 2 is 1.74 bits per heavy atom. The molecule has 3 N–H and O–H groups in total. The number of hydrogen-bond acceptors (Lipinski definition) is 3. The third-order valence-corrected chi connectivity index (χ3v) is 3.74. The summed E-state index contributed by atoms with van der Waals surface area (Å²) in [5, 5.41) is 15.3. The third-order valence-electron chi connectivity index (χ3n) is 3.74. The molecule has 0 spiro atoms. The molecule has 0 aliphatic heterocycles. The highest BCUT2D eigenvalue weighted by molar-refractivity contribution is 5.79. The van der Waals surface area contributed by atoms with Crippen LogP contribution in [0.25, 0.3) is 0 Å². The van der Waals surface area contributed by atoms with Crippen molar-refractivity contribution < 1.29 is 9.90 Å². The highest BCUT2D eigenvalue weighted by atomic mass is 16.3. The summed E-state index contributed by atoms with van der Waals surface area (Å²) >= 11 is 0. The van der Waals surface area contributed by atoms with Gasteiger partial charge in [0, 0.05) is 12.2 Å². The Balaban J connectivity index is 1.83. The fourth-order valence-electron chi connectivity index (χ4n) is 2.28. The van der Waals surface area contributed by atoms with Gasteiger partial charge in [-0.25, -0.2) is 0 Å². The molecule has 23 heavy (non-hydrogen) atoms. The van der Waals surface area contributed by atoms with Gasteiger partial charge in [-0.05, 0) is 29.7 Å². The molecule has 122 valence electrons. The zero-order valence-corrected chi connectivity index (χ0v) is 13.5. The van der Waals surface area contributed by atoms with E-state index in [4.69, 9.17) is 5.11 Å². The summed E-state index contributed by atoms with van der Waals surface area (Å²) in [5.74, 6) is -0.0594. The van der Waals surface area contributed by atoms with Crippen LogP contribution in [0.2, 0.25) is 0 Å². The fourth-order valence-corrected chi connectivity index (χ4v) is 2.28. The van der Waals surface area contributed by atoms with Gasteiger partial charge in [0.05, 0.1) is 19.1 Å². The number of anilines is 1. The quantitative estimate of drug-likeness (QED) is 0.702. The van der Waals surface area contributed by atoms with E-state index in [2.05, 4.69) is 22.8 Å². The van der Waals surface area contributed by atoms with Gasteiger partial charge in [-0.1, -0.05) is 49.4 Å². The molecule has 0 fully saturated rings. The van der Waals surface area contributed by atoms with Gasteiger partial charge >= 0.3 is 0 Å². The van der Waals surface area contributed by atoms with Crippen molar-refractivity contribution in [3.05, 3.63) is 65.7 Å². The predicted molar refractivity (Wildman–Crippen MR) is 93.2 cm³/mol. The summed E-state index contributed by atoms with van der Waals surface area (Å²) in [4.78, 5) is 11.9. The average Bonchev–Trinajstić information content (AvgIpc) is 2.60. The lowest BCUT2D eigenvalue weighted by atomic mass is 10.1. The van der Waals surface area contributed by atoms with Crippen LogP contribution in [0.5, 0.6) is 0 Å². The summed E-state index contributed by atoms with van der Waals surface area (Å²) in [7, 11) is 0. The van der Waals surface area contributed by atoms with Gasteiger partial charge in [0.1, 0.15) is 0 Å². The number of benzene rings is 2. The molecule has 0 aromatic heterocycles. The molecule has 0 bridgehead atoms. The topological polar surface area (TPSA) is 61.4 Å². The van der Waals surface area contributed by atoms with Crippen molar-refractivity contribution in [3.63, 3.8) is 0 Å². The molecule has 0 aliphatic carbocycles. The van der Waals surface area contributed by atoms with Crippen molar-refractivity contribution in [1.82, 2.24) is 5.32 Å². The maximum Gasteiger partial charge on any atom is 0.224 e. The second-order valence-electron chi connectivity index (χ2n) is 5.57. The minimum absolute atomic E-state index is 0.0232. The Labute approximate surface area is 137 Å². The molecule has 0 saturated heterocycles. The Morgan fingerprint density at radius 3 is 2.35 bits per heavy atom. The lowest BCUT2D eigenvalue weighted by Gasteiger charge is -2.14. The maximum absolute atomic E-state index is 11.9. The van der Waals surface area contributed by atoms with Crippen molar-refractivity contribution >= 4 is 11.6 Å². The molecule has 0 radical (unpaired) electrons. The number of carbonyl (C=O) groups excluding carboxylic acids is 1. The van der Waals surface area contributed by atoms with Crippen molar-refractivity contribution in [2.45, 2.75) is 32.4 Å². The molecule has 0 saturated carbocycles. The van der Waals surface area contributed by atoms with Gasteiger partial charge < -0.3 is 15.7 Å². The van der Waals surface area contributed by atoms with Crippen LogP contribution in [0, 0.1) is 0 Å². The molecule has 4 nitrogen and oxygen atoms in total. The van der Waals surface area contributed by atoms with Crippen LogP contribution in [0.1, 0.15) is 24.5 Å². The maximum atomic E-state index is 11.9. The summed E-state index contributed by atoms with van der Waals surface area (Å²) in [6, 6.07) is 17.9. The van der Waals surface area contributed by atoms with E-state index in [1.54, 1.807) is 0 Å². The molecule has 1 amide bonds. The molecular formula is C19H24N2O2. The monoisotopic (exact) mass is 312 g/mol. The van der Waals surface area contributed by atoms with Crippen molar-refractivity contribution in [2.75, 3.05) is 11.9 Å². The lowest BCUT2D eigenvalue weighted by molar-refractivity contribution is -0.121. The van der Waals surface area contributed by atoms with Crippen LogP contribution < -0.4 is 10.6 Å². The first kappa shape index (κ1) is 17.0.